The van der Waals surface area contributed by atoms with Crippen molar-refractivity contribution in [1.82, 2.24) is 25.5 Å². The van der Waals surface area contributed by atoms with Crippen LogP contribution < -0.4 is 5.32 Å². The third kappa shape index (κ3) is 3.43. The number of aryl methyl sites for hydroxylation is 2. The van der Waals surface area contributed by atoms with E-state index in [4.69, 9.17) is 0 Å². The number of halogens is 1. The van der Waals surface area contributed by atoms with Gasteiger partial charge in [-0.2, -0.15) is 4.68 Å². The molecule has 0 fully saturated rings. The standard InChI is InChI=1S/C14H20BrN5/c1-9-6-11(15)7-10(2)13(9)20-12(17-18-19-20)8-16-14(3,4)5/h6-7,16H,8H2,1-5H3. The first kappa shape index (κ1) is 15.1. The molecule has 6 heteroatoms. The number of benzene rings is 1. The Labute approximate surface area is 127 Å². The van der Waals surface area contributed by atoms with Crippen LogP contribution in [0, 0.1) is 13.8 Å². The smallest absolute Gasteiger partial charge is 0.170 e. The van der Waals surface area contributed by atoms with E-state index in [-0.39, 0.29) is 5.54 Å². The Balaban J connectivity index is 2.38. The average Bonchev–Trinajstić information content (AvgIpc) is 2.72. The van der Waals surface area contributed by atoms with Crippen molar-refractivity contribution in [3.05, 3.63) is 33.6 Å². The van der Waals surface area contributed by atoms with Gasteiger partial charge in [0.15, 0.2) is 5.82 Å². The Morgan fingerprint density at radius 3 is 2.35 bits per heavy atom. The van der Waals surface area contributed by atoms with Crippen LogP contribution in [0.5, 0.6) is 0 Å². The predicted octanol–water partition coefficient (Wildman–Crippen LogP) is 2.93. The number of aromatic nitrogens is 4. The van der Waals surface area contributed by atoms with Gasteiger partial charge in [0.1, 0.15) is 0 Å². The van der Waals surface area contributed by atoms with Crippen LogP contribution in [0.1, 0.15) is 37.7 Å². The zero-order valence-electron chi connectivity index (χ0n) is 12.5. The van der Waals surface area contributed by atoms with Crippen LogP contribution in [-0.4, -0.2) is 25.7 Å². The molecule has 0 saturated heterocycles. The molecule has 1 aromatic heterocycles. The van der Waals surface area contributed by atoms with Crippen molar-refractivity contribution < 1.29 is 0 Å². The Kier molecular flexibility index (Phi) is 4.25. The van der Waals surface area contributed by atoms with Gasteiger partial charge in [-0.05, 0) is 68.3 Å². The molecule has 0 spiro atoms. The van der Waals surface area contributed by atoms with E-state index < -0.39 is 0 Å². The second-order valence-electron chi connectivity index (χ2n) is 6.00. The van der Waals surface area contributed by atoms with Crippen LogP contribution in [0.4, 0.5) is 0 Å². The largest absolute Gasteiger partial charge is 0.305 e. The fourth-order valence-electron chi connectivity index (χ4n) is 2.07. The lowest BCUT2D eigenvalue weighted by atomic mass is 10.1. The van der Waals surface area contributed by atoms with Gasteiger partial charge in [0.25, 0.3) is 0 Å². The van der Waals surface area contributed by atoms with Crippen molar-refractivity contribution in [3.8, 4) is 5.69 Å². The summed E-state index contributed by atoms with van der Waals surface area (Å²) >= 11 is 3.51. The number of nitrogens with zero attached hydrogens (tertiary/aromatic N) is 4. The molecule has 0 bridgehead atoms. The third-order valence-corrected chi connectivity index (χ3v) is 3.44. The van der Waals surface area contributed by atoms with E-state index in [1.54, 1.807) is 0 Å². The lowest BCUT2D eigenvalue weighted by Crippen LogP contribution is -2.36. The van der Waals surface area contributed by atoms with Gasteiger partial charge in [0.2, 0.25) is 0 Å². The Bertz CT molecular complexity index is 589. The monoisotopic (exact) mass is 337 g/mol. The zero-order valence-corrected chi connectivity index (χ0v) is 14.1. The van der Waals surface area contributed by atoms with Gasteiger partial charge in [-0.3, -0.25) is 0 Å². The topological polar surface area (TPSA) is 55.6 Å². The molecule has 1 heterocycles. The molecule has 0 unspecified atom stereocenters. The number of nitrogens with one attached hydrogen (secondary N) is 1. The predicted molar refractivity (Wildman–Crippen MR) is 82.9 cm³/mol. The second-order valence-corrected chi connectivity index (χ2v) is 6.91. The molecule has 0 amide bonds. The van der Waals surface area contributed by atoms with E-state index in [2.05, 4.69) is 83.5 Å². The molecular weight excluding hydrogens is 318 g/mol. The number of tetrazole rings is 1. The summed E-state index contributed by atoms with van der Waals surface area (Å²) in [6.07, 6.45) is 0. The third-order valence-electron chi connectivity index (χ3n) is 2.98. The molecule has 0 radical (unpaired) electrons. The van der Waals surface area contributed by atoms with E-state index in [1.165, 1.54) is 0 Å². The molecule has 2 aromatic rings. The van der Waals surface area contributed by atoms with Crippen LogP contribution in [0.15, 0.2) is 16.6 Å². The van der Waals surface area contributed by atoms with Gasteiger partial charge in [0, 0.05) is 10.0 Å². The molecule has 5 nitrogen and oxygen atoms in total. The molecule has 0 aliphatic rings. The van der Waals surface area contributed by atoms with Gasteiger partial charge in [-0.15, -0.1) is 5.10 Å². The van der Waals surface area contributed by atoms with Gasteiger partial charge < -0.3 is 5.32 Å². The maximum absolute atomic E-state index is 4.14. The zero-order chi connectivity index (χ0) is 14.9. The molecular formula is C14H20BrN5. The minimum absolute atomic E-state index is 0.0284. The maximum atomic E-state index is 4.14. The van der Waals surface area contributed by atoms with Gasteiger partial charge in [-0.1, -0.05) is 15.9 Å². The van der Waals surface area contributed by atoms with Gasteiger partial charge in [-0.25, -0.2) is 0 Å². The minimum Gasteiger partial charge on any atom is -0.305 e. The van der Waals surface area contributed by atoms with Crippen LogP contribution in [0.2, 0.25) is 0 Å². The fraction of sp³-hybridized carbons (Fsp3) is 0.500. The summed E-state index contributed by atoms with van der Waals surface area (Å²) in [7, 11) is 0. The van der Waals surface area contributed by atoms with Gasteiger partial charge >= 0.3 is 0 Å². The number of hydrogen-bond donors (Lipinski definition) is 1. The molecule has 1 aromatic carbocycles. The van der Waals surface area contributed by atoms with E-state index in [0.717, 1.165) is 27.1 Å². The highest BCUT2D eigenvalue weighted by atomic mass is 79.9. The Morgan fingerprint density at radius 1 is 1.20 bits per heavy atom. The Morgan fingerprint density at radius 2 is 1.80 bits per heavy atom. The summed E-state index contributed by atoms with van der Waals surface area (Å²) in [6.45, 7) is 11.1. The Hall–Kier alpha value is -1.27. The molecule has 0 saturated carbocycles. The molecule has 20 heavy (non-hydrogen) atoms. The SMILES string of the molecule is Cc1cc(Br)cc(C)c1-n1nnnc1CNC(C)(C)C. The first-order chi connectivity index (χ1) is 9.28. The number of hydrogen-bond acceptors (Lipinski definition) is 4. The second kappa shape index (κ2) is 5.61. The number of rotatable bonds is 3. The molecule has 1 N–H and O–H groups in total. The van der Waals surface area contributed by atoms with Crippen LogP contribution in [0.25, 0.3) is 5.69 Å². The van der Waals surface area contributed by atoms with E-state index >= 15 is 0 Å². The molecule has 2 rings (SSSR count). The van der Waals surface area contributed by atoms with Crippen molar-refractivity contribution in [2.75, 3.05) is 0 Å². The first-order valence-corrected chi connectivity index (χ1v) is 7.36. The molecule has 108 valence electrons. The summed E-state index contributed by atoms with van der Waals surface area (Å²) in [5.74, 6) is 0.813. The lowest BCUT2D eigenvalue weighted by Gasteiger charge is -2.20. The summed E-state index contributed by atoms with van der Waals surface area (Å²) in [5, 5.41) is 15.5. The van der Waals surface area contributed by atoms with Crippen LogP contribution >= 0.6 is 15.9 Å². The van der Waals surface area contributed by atoms with Crippen molar-refractivity contribution in [1.29, 1.82) is 0 Å². The highest BCUT2D eigenvalue weighted by Crippen LogP contribution is 2.24. The van der Waals surface area contributed by atoms with E-state index in [1.807, 2.05) is 4.68 Å². The average molecular weight is 338 g/mol. The molecule has 0 aliphatic carbocycles. The highest BCUT2D eigenvalue weighted by molar-refractivity contribution is 9.10. The maximum Gasteiger partial charge on any atom is 0.170 e. The van der Waals surface area contributed by atoms with Crippen molar-refractivity contribution in [3.63, 3.8) is 0 Å². The fourth-order valence-corrected chi connectivity index (χ4v) is 2.76. The highest BCUT2D eigenvalue weighted by Gasteiger charge is 2.16. The van der Waals surface area contributed by atoms with Crippen molar-refractivity contribution in [2.45, 2.75) is 46.7 Å². The van der Waals surface area contributed by atoms with Crippen LogP contribution in [-0.2, 0) is 6.54 Å². The molecule has 0 aliphatic heterocycles. The summed E-state index contributed by atoms with van der Waals surface area (Å²) in [4.78, 5) is 0. The van der Waals surface area contributed by atoms with Gasteiger partial charge in [0.05, 0.1) is 12.2 Å². The van der Waals surface area contributed by atoms with E-state index in [0.29, 0.717) is 6.54 Å². The summed E-state index contributed by atoms with van der Waals surface area (Å²) in [5.41, 5.74) is 3.35. The van der Waals surface area contributed by atoms with E-state index in [9.17, 15) is 0 Å². The quantitative estimate of drug-likeness (QED) is 0.935. The normalized spacial score (nSPS) is 11.9. The van der Waals surface area contributed by atoms with Crippen molar-refractivity contribution >= 4 is 15.9 Å². The molecule has 0 atom stereocenters. The minimum atomic E-state index is 0.0284. The first-order valence-electron chi connectivity index (χ1n) is 6.57. The van der Waals surface area contributed by atoms with Crippen molar-refractivity contribution in [2.24, 2.45) is 0 Å². The summed E-state index contributed by atoms with van der Waals surface area (Å²) in [6, 6.07) is 4.15. The lowest BCUT2D eigenvalue weighted by molar-refractivity contribution is 0.415. The van der Waals surface area contributed by atoms with Crippen LogP contribution in [0.3, 0.4) is 0 Å². The summed E-state index contributed by atoms with van der Waals surface area (Å²) < 4.78 is 2.88.